The van der Waals surface area contributed by atoms with Crippen molar-refractivity contribution in [2.24, 2.45) is 5.92 Å². The van der Waals surface area contributed by atoms with Gasteiger partial charge in [-0.3, -0.25) is 14.4 Å². The summed E-state index contributed by atoms with van der Waals surface area (Å²) < 4.78 is 0. The molecular weight excluding hydrogens is 322 g/mol. The Morgan fingerprint density at radius 1 is 1.36 bits per heavy atom. The van der Waals surface area contributed by atoms with E-state index in [0.29, 0.717) is 31.0 Å². The molecule has 0 spiro atoms. The molecule has 25 heavy (non-hydrogen) atoms. The van der Waals surface area contributed by atoms with Crippen LogP contribution in [0.2, 0.25) is 0 Å². The lowest BCUT2D eigenvalue weighted by Gasteiger charge is -2.32. The summed E-state index contributed by atoms with van der Waals surface area (Å²) in [5.41, 5.74) is -0.188. The molecule has 1 aliphatic heterocycles. The van der Waals surface area contributed by atoms with Gasteiger partial charge in [0.1, 0.15) is 11.4 Å². The first-order valence-corrected chi connectivity index (χ1v) is 8.72. The summed E-state index contributed by atoms with van der Waals surface area (Å²) in [6, 6.07) is 0. The fraction of sp³-hybridized carbons (Fsp3) is 0.667. The zero-order chi connectivity index (χ0) is 18.8. The van der Waals surface area contributed by atoms with E-state index in [1.807, 2.05) is 20.8 Å². The Morgan fingerprint density at radius 3 is 2.60 bits per heavy atom. The topological polar surface area (TPSA) is 103 Å². The van der Waals surface area contributed by atoms with Gasteiger partial charge in [-0.1, -0.05) is 20.8 Å². The Balaban J connectivity index is 2.20. The number of carboxylic acid groups (broad SMARTS) is 1. The number of amides is 1. The van der Waals surface area contributed by atoms with E-state index in [-0.39, 0.29) is 29.2 Å². The number of likely N-dealkylation sites (tertiary alicyclic amines) is 1. The molecule has 0 bridgehead atoms. The number of hydrogen-bond acceptors (Lipinski definition) is 4. The van der Waals surface area contributed by atoms with Crippen LogP contribution in [0.4, 0.5) is 0 Å². The van der Waals surface area contributed by atoms with Gasteiger partial charge in [0.15, 0.2) is 0 Å². The van der Waals surface area contributed by atoms with Gasteiger partial charge in [-0.2, -0.15) is 0 Å². The van der Waals surface area contributed by atoms with Crippen LogP contribution in [0, 0.1) is 12.8 Å². The van der Waals surface area contributed by atoms with E-state index in [1.165, 1.54) is 0 Å². The smallest absolute Gasteiger partial charge is 0.303 e. The van der Waals surface area contributed by atoms with Gasteiger partial charge in [-0.15, -0.1) is 0 Å². The molecule has 138 valence electrons. The first kappa shape index (κ1) is 19.1. The maximum absolute atomic E-state index is 12.8. The van der Waals surface area contributed by atoms with Gasteiger partial charge in [-0.25, -0.2) is 4.98 Å². The molecule has 0 saturated carbocycles. The third-order valence-corrected chi connectivity index (χ3v) is 4.60. The summed E-state index contributed by atoms with van der Waals surface area (Å²) in [4.78, 5) is 44.9. The number of nitrogens with zero attached hydrogens (tertiary/aromatic N) is 2. The summed E-state index contributed by atoms with van der Waals surface area (Å²) >= 11 is 0. The highest BCUT2D eigenvalue weighted by molar-refractivity contribution is 5.94. The quantitative estimate of drug-likeness (QED) is 0.866. The number of H-pyrrole nitrogens is 1. The predicted octanol–water partition coefficient (Wildman–Crippen LogP) is 2.09. The van der Waals surface area contributed by atoms with E-state index in [9.17, 15) is 14.4 Å². The number of hydrogen-bond donors (Lipinski definition) is 2. The molecular formula is C18H27N3O4. The van der Waals surface area contributed by atoms with Gasteiger partial charge in [0.25, 0.3) is 11.5 Å². The number of aromatic nitrogens is 2. The largest absolute Gasteiger partial charge is 0.481 e. The second-order valence-corrected chi connectivity index (χ2v) is 7.82. The van der Waals surface area contributed by atoms with Crippen LogP contribution in [0.25, 0.3) is 0 Å². The van der Waals surface area contributed by atoms with Gasteiger partial charge in [-0.05, 0) is 32.1 Å². The number of piperidine rings is 1. The Bertz CT molecular complexity index is 718. The zero-order valence-corrected chi connectivity index (χ0v) is 15.4. The summed E-state index contributed by atoms with van der Waals surface area (Å²) in [7, 11) is 0. The lowest BCUT2D eigenvalue weighted by Crippen LogP contribution is -2.43. The van der Waals surface area contributed by atoms with Crippen molar-refractivity contribution in [1.82, 2.24) is 14.9 Å². The van der Waals surface area contributed by atoms with Crippen molar-refractivity contribution in [2.75, 3.05) is 13.1 Å². The number of rotatable bonds is 4. The number of aromatic amines is 1. The number of aryl methyl sites for hydroxylation is 1. The fourth-order valence-corrected chi connectivity index (χ4v) is 3.16. The maximum atomic E-state index is 12.8. The van der Waals surface area contributed by atoms with Gasteiger partial charge < -0.3 is 15.0 Å². The van der Waals surface area contributed by atoms with Gasteiger partial charge in [0.05, 0.1) is 5.69 Å². The molecule has 2 rings (SSSR count). The molecule has 2 N–H and O–H groups in total. The number of carboxylic acids is 1. The molecule has 1 aromatic rings. The minimum Gasteiger partial charge on any atom is -0.481 e. The SMILES string of the molecule is Cc1nc(C(C)(C)C)[nH]c(=O)c1C(=O)N1CCCC(CCC(=O)O)C1. The number of carbonyl (C=O) groups excluding carboxylic acids is 1. The monoisotopic (exact) mass is 349 g/mol. The van der Waals surface area contributed by atoms with Crippen molar-refractivity contribution in [3.8, 4) is 0 Å². The molecule has 1 unspecified atom stereocenters. The van der Waals surface area contributed by atoms with Gasteiger partial charge in [0, 0.05) is 24.9 Å². The summed E-state index contributed by atoms with van der Waals surface area (Å²) in [5, 5.41) is 8.83. The lowest BCUT2D eigenvalue weighted by molar-refractivity contribution is -0.137. The maximum Gasteiger partial charge on any atom is 0.303 e. The minimum atomic E-state index is -0.822. The Kier molecular flexibility index (Phi) is 5.65. The number of carbonyl (C=O) groups is 2. The van der Waals surface area contributed by atoms with E-state index in [0.717, 1.165) is 12.8 Å². The van der Waals surface area contributed by atoms with Crippen molar-refractivity contribution in [2.45, 2.75) is 58.8 Å². The van der Waals surface area contributed by atoms with E-state index in [1.54, 1.807) is 11.8 Å². The molecule has 1 aliphatic rings. The number of aliphatic carboxylic acids is 1. The second-order valence-electron chi connectivity index (χ2n) is 7.82. The molecule has 0 aliphatic carbocycles. The van der Waals surface area contributed by atoms with Crippen LogP contribution in [0.15, 0.2) is 4.79 Å². The first-order valence-electron chi connectivity index (χ1n) is 8.72. The molecule has 1 saturated heterocycles. The van der Waals surface area contributed by atoms with E-state index >= 15 is 0 Å². The molecule has 2 heterocycles. The Hall–Kier alpha value is -2.18. The average Bonchev–Trinajstić information content (AvgIpc) is 2.51. The van der Waals surface area contributed by atoms with Crippen LogP contribution in [0.3, 0.4) is 0 Å². The number of nitrogens with one attached hydrogen (secondary N) is 1. The summed E-state index contributed by atoms with van der Waals surface area (Å²) in [6.45, 7) is 8.61. The minimum absolute atomic E-state index is 0.0897. The Morgan fingerprint density at radius 2 is 2.04 bits per heavy atom. The molecule has 1 amide bonds. The van der Waals surface area contributed by atoms with Crippen molar-refractivity contribution >= 4 is 11.9 Å². The standard InChI is InChI=1S/C18H27N3O4/c1-11-14(15(24)20-17(19-11)18(2,3)4)16(25)21-9-5-6-12(10-21)7-8-13(22)23/h12H,5-10H2,1-4H3,(H,22,23)(H,19,20,24). The predicted molar refractivity (Wildman–Crippen MR) is 93.8 cm³/mol. The normalized spacial score (nSPS) is 18.2. The molecule has 7 nitrogen and oxygen atoms in total. The highest BCUT2D eigenvalue weighted by Gasteiger charge is 2.29. The first-order chi connectivity index (χ1) is 11.6. The van der Waals surface area contributed by atoms with E-state index in [4.69, 9.17) is 5.11 Å². The van der Waals surface area contributed by atoms with Gasteiger partial charge in [0.2, 0.25) is 0 Å². The summed E-state index contributed by atoms with van der Waals surface area (Å²) in [5.74, 6) is -0.413. The lowest BCUT2D eigenvalue weighted by atomic mass is 9.93. The molecule has 1 atom stereocenters. The Labute approximate surface area is 147 Å². The summed E-state index contributed by atoms with van der Waals surface area (Å²) in [6.07, 6.45) is 2.39. The highest BCUT2D eigenvalue weighted by Crippen LogP contribution is 2.23. The molecule has 1 aromatic heterocycles. The van der Waals surface area contributed by atoms with Crippen LogP contribution in [-0.4, -0.2) is 44.9 Å². The molecule has 0 aromatic carbocycles. The highest BCUT2D eigenvalue weighted by atomic mass is 16.4. The van der Waals surface area contributed by atoms with Crippen molar-refractivity contribution < 1.29 is 14.7 Å². The van der Waals surface area contributed by atoms with Crippen LogP contribution < -0.4 is 5.56 Å². The molecule has 1 fully saturated rings. The van der Waals surface area contributed by atoms with Crippen LogP contribution in [-0.2, 0) is 10.2 Å². The van der Waals surface area contributed by atoms with Crippen molar-refractivity contribution in [3.63, 3.8) is 0 Å². The van der Waals surface area contributed by atoms with Crippen molar-refractivity contribution in [1.29, 1.82) is 0 Å². The average molecular weight is 349 g/mol. The zero-order valence-electron chi connectivity index (χ0n) is 15.4. The van der Waals surface area contributed by atoms with Crippen LogP contribution >= 0.6 is 0 Å². The van der Waals surface area contributed by atoms with E-state index < -0.39 is 11.5 Å². The van der Waals surface area contributed by atoms with Gasteiger partial charge >= 0.3 is 5.97 Å². The second kappa shape index (κ2) is 7.37. The third-order valence-electron chi connectivity index (χ3n) is 4.60. The van der Waals surface area contributed by atoms with Crippen molar-refractivity contribution in [3.05, 3.63) is 27.4 Å². The fourth-order valence-electron chi connectivity index (χ4n) is 3.16. The van der Waals surface area contributed by atoms with Crippen LogP contribution in [0.1, 0.15) is 68.3 Å². The molecule has 7 heteroatoms. The molecule has 0 radical (unpaired) electrons. The van der Waals surface area contributed by atoms with Crippen LogP contribution in [0.5, 0.6) is 0 Å². The van der Waals surface area contributed by atoms with E-state index in [2.05, 4.69) is 9.97 Å². The third kappa shape index (κ3) is 4.67.